The van der Waals surface area contributed by atoms with Crippen molar-refractivity contribution < 1.29 is 24.3 Å². The van der Waals surface area contributed by atoms with Crippen LogP contribution in [-0.4, -0.2) is 71.6 Å². The number of nitrogens with one attached hydrogen (secondary N) is 1. The zero-order chi connectivity index (χ0) is 21.3. The van der Waals surface area contributed by atoms with Crippen LogP contribution < -0.4 is 14.9 Å². The molecule has 2 aromatic rings. The third kappa shape index (κ3) is 3.81. The molecule has 0 saturated carbocycles. The van der Waals surface area contributed by atoms with Crippen molar-refractivity contribution in [1.29, 1.82) is 0 Å². The van der Waals surface area contributed by atoms with Gasteiger partial charge >= 0.3 is 5.97 Å². The van der Waals surface area contributed by atoms with Gasteiger partial charge in [-0.3, -0.25) is 14.5 Å². The number of hydrogen-bond acceptors (Lipinski definition) is 9. The second-order valence-corrected chi connectivity index (χ2v) is 8.57. The number of tetrazole rings is 1. The van der Waals surface area contributed by atoms with Gasteiger partial charge in [0.1, 0.15) is 17.1 Å². The molecule has 30 heavy (non-hydrogen) atoms. The Kier molecular flexibility index (Phi) is 5.81. The molecule has 0 unspecified atom stereocenters. The smallest absolute Gasteiger partial charge is 0.352 e. The van der Waals surface area contributed by atoms with Crippen molar-refractivity contribution in [2.75, 3.05) is 23.4 Å². The van der Waals surface area contributed by atoms with E-state index in [2.05, 4.69) is 20.8 Å². The van der Waals surface area contributed by atoms with E-state index in [0.717, 1.165) is 5.69 Å². The fraction of sp³-hybridized carbons (Fsp3) is 0.412. The maximum Gasteiger partial charge on any atom is 0.352 e. The molecule has 4 heterocycles. The summed E-state index contributed by atoms with van der Waals surface area (Å²) < 4.78 is 3.10. The summed E-state index contributed by atoms with van der Waals surface area (Å²) in [6.45, 7) is 2.44. The Morgan fingerprint density at radius 1 is 1.47 bits per heavy atom. The lowest BCUT2D eigenvalue weighted by atomic mass is 10.0. The number of thioether (sulfide) groups is 2. The summed E-state index contributed by atoms with van der Waals surface area (Å²) in [4.78, 5) is 31.5. The molecular formula is C17H20N7O4S2+. The average Bonchev–Trinajstić information content (AvgIpc) is 3.15. The Labute approximate surface area is 180 Å². The number of fused-ring (bicyclic) bond motifs is 1. The first-order valence-corrected chi connectivity index (χ1v) is 11.2. The topological polar surface area (TPSA) is 126 Å². The third-order valence-electron chi connectivity index (χ3n) is 4.61. The monoisotopic (exact) mass is 450 g/mol. The van der Waals surface area contributed by atoms with Gasteiger partial charge < -0.3 is 10.4 Å². The summed E-state index contributed by atoms with van der Waals surface area (Å²) in [5.74, 6) is -0.440. The normalized spacial score (nSPS) is 20.6. The van der Waals surface area contributed by atoms with E-state index in [0.29, 0.717) is 28.8 Å². The number of carboxylic acid groups (broad SMARTS) is 1. The Hall–Kier alpha value is -2.80. The van der Waals surface area contributed by atoms with Crippen LogP contribution in [0, 0.1) is 0 Å². The zero-order valence-electron chi connectivity index (χ0n) is 16.3. The van der Waals surface area contributed by atoms with Crippen molar-refractivity contribution in [3.63, 3.8) is 0 Å². The lowest BCUT2D eigenvalue weighted by Gasteiger charge is -2.49. The summed E-state index contributed by atoms with van der Waals surface area (Å²) in [7, 11) is 1.72. The van der Waals surface area contributed by atoms with Crippen LogP contribution in [0.4, 0.5) is 5.69 Å². The number of nitrogens with zero attached hydrogens (tertiary/aromatic N) is 6. The van der Waals surface area contributed by atoms with Crippen molar-refractivity contribution >= 4 is 41.1 Å². The summed E-state index contributed by atoms with van der Waals surface area (Å²) >= 11 is 2.89. The van der Waals surface area contributed by atoms with Crippen LogP contribution in [0.15, 0.2) is 41.0 Å². The van der Waals surface area contributed by atoms with Crippen LogP contribution in [0.1, 0.15) is 6.92 Å². The van der Waals surface area contributed by atoms with E-state index >= 15 is 0 Å². The first-order chi connectivity index (χ1) is 14.5. The number of carboxylic acids is 1. The number of aryl methyl sites for hydroxylation is 1. The maximum atomic E-state index is 12.8. The van der Waals surface area contributed by atoms with Gasteiger partial charge in [0.05, 0.1) is 0 Å². The molecule has 13 heteroatoms. The van der Waals surface area contributed by atoms with Crippen molar-refractivity contribution in [1.82, 2.24) is 25.1 Å². The Morgan fingerprint density at radius 3 is 2.87 bits per heavy atom. The van der Waals surface area contributed by atoms with Gasteiger partial charge in [-0.25, -0.2) is 9.48 Å². The predicted octanol–water partition coefficient (Wildman–Crippen LogP) is -0.227. The van der Waals surface area contributed by atoms with E-state index in [9.17, 15) is 14.7 Å². The highest BCUT2D eigenvalue weighted by Gasteiger charge is 2.53. The standard InChI is InChI=1S/C17H19N7O4S2/c1-3-28-23-6-4-11(5-7-23)18-12-14(25)24-13(16(26)27)10(8-29-15(12)24)9-30-17-19-20-21-22(17)2/h4-7,12,15H,3,8-9H2,1-2H3,(H,26,27)/p+1/t12-,15-/m1/s1. The summed E-state index contributed by atoms with van der Waals surface area (Å²) in [5.41, 5.74) is 1.51. The number of aromatic nitrogens is 5. The molecule has 0 aromatic carbocycles. The average molecular weight is 451 g/mol. The third-order valence-corrected chi connectivity index (χ3v) is 7.05. The van der Waals surface area contributed by atoms with E-state index in [4.69, 9.17) is 4.84 Å². The van der Waals surface area contributed by atoms with E-state index in [1.165, 1.54) is 21.3 Å². The first kappa shape index (κ1) is 20.5. The molecule has 4 rings (SSSR count). The molecule has 0 radical (unpaired) electrons. The van der Waals surface area contributed by atoms with Gasteiger partial charge in [-0.1, -0.05) is 11.8 Å². The summed E-state index contributed by atoms with van der Waals surface area (Å²) in [5, 5.41) is 24.5. The van der Waals surface area contributed by atoms with Gasteiger partial charge in [-0.15, -0.1) is 16.9 Å². The molecule has 2 aromatic heterocycles. The second kappa shape index (κ2) is 8.52. The summed E-state index contributed by atoms with van der Waals surface area (Å²) in [6.07, 6.45) is 3.50. The largest absolute Gasteiger partial charge is 0.477 e. The van der Waals surface area contributed by atoms with Crippen molar-refractivity contribution in [2.45, 2.75) is 23.5 Å². The van der Waals surface area contributed by atoms with E-state index in [1.807, 2.05) is 19.1 Å². The minimum atomic E-state index is -1.10. The summed E-state index contributed by atoms with van der Waals surface area (Å²) in [6, 6.07) is 3.14. The van der Waals surface area contributed by atoms with E-state index in [1.54, 1.807) is 35.9 Å². The molecule has 1 amide bonds. The number of hydrogen-bond donors (Lipinski definition) is 2. The molecule has 2 aliphatic rings. The molecule has 2 N–H and O–H groups in total. The maximum absolute atomic E-state index is 12.8. The van der Waals surface area contributed by atoms with Crippen LogP contribution in [-0.2, 0) is 16.6 Å². The van der Waals surface area contributed by atoms with Crippen LogP contribution in [0.5, 0.6) is 0 Å². The van der Waals surface area contributed by atoms with Crippen LogP contribution >= 0.6 is 23.5 Å². The fourth-order valence-corrected chi connectivity index (χ4v) is 5.55. The molecule has 158 valence electrons. The van der Waals surface area contributed by atoms with Crippen LogP contribution in [0.3, 0.4) is 0 Å². The SMILES string of the molecule is CCO[n+]1ccc(N[C@@H]2C(=O)N3C(C(=O)O)=C(CSc4nnnn4C)CS[C@H]23)cc1. The number of anilines is 1. The Balaban J connectivity index is 1.47. The zero-order valence-corrected chi connectivity index (χ0v) is 17.9. The van der Waals surface area contributed by atoms with Gasteiger partial charge in [0, 0.05) is 41.1 Å². The first-order valence-electron chi connectivity index (χ1n) is 9.16. The minimum Gasteiger partial charge on any atom is -0.477 e. The number of aliphatic carboxylic acids is 1. The van der Waals surface area contributed by atoms with Crippen molar-refractivity contribution in [2.24, 2.45) is 7.05 Å². The lowest BCUT2D eigenvalue weighted by molar-refractivity contribution is -0.890. The number of rotatable bonds is 8. The van der Waals surface area contributed by atoms with Gasteiger partial charge in [0.25, 0.3) is 5.91 Å². The molecule has 2 atom stereocenters. The number of carbonyl (C=O) groups excluding carboxylic acids is 1. The Bertz CT molecular complexity index is 994. The molecule has 0 aliphatic carbocycles. The predicted molar refractivity (Wildman–Crippen MR) is 108 cm³/mol. The highest BCUT2D eigenvalue weighted by atomic mass is 32.2. The second-order valence-electron chi connectivity index (χ2n) is 6.53. The molecule has 0 bridgehead atoms. The quantitative estimate of drug-likeness (QED) is 0.316. The number of pyridine rings is 1. The molecule has 1 fully saturated rings. The molecule has 0 spiro atoms. The van der Waals surface area contributed by atoms with Gasteiger partial charge in [0.15, 0.2) is 6.61 Å². The number of β-lactam (4-membered cyclic amide) rings is 1. The van der Waals surface area contributed by atoms with Crippen molar-refractivity contribution in [3.05, 3.63) is 35.8 Å². The van der Waals surface area contributed by atoms with Crippen LogP contribution in [0.25, 0.3) is 0 Å². The lowest BCUT2D eigenvalue weighted by Crippen LogP contribution is -2.67. The molecule has 2 aliphatic heterocycles. The van der Waals surface area contributed by atoms with Gasteiger partial charge in [0.2, 0.25) is 17.6 Å². The Morgan fingerprint density at radius 2 is 2.23 bits per heavy atom. The fourth-order valence-electron chi connectivity index (χ4n) is 3.21. The number of carbonyl (C=O) groups is 2. The molecule has 11 nitrogen and oxygen atoms in total. The highest BCUT2D eigenvalue weighted by Crippen LogP contribution is 2.42. The van der Waals surface area contributed by atoms with Crippen LogP contribution in [0.2, 0.25) is 0 Å². The van der Waals surface area contributed by atoms with Gasteiger partial charge in [-0.2, -0.15) is 0 Å². The molecular weight excluding hydrogens is 430 g/mol. The highest BCUT2D eigenvalue weighted by molar-refractivity contribution is 8.01. The van der Waals surface area contributed by atoms with Crippen molar-refractivity contribution in [3.8, 4) is 0 Å². The van der Waals surface area contributed by atoms with E-state index in [-0.39, 0.29) is 17.0 Å². The number of amides is 1. The molecule has 1 saturated heterocycles. The minimum absolute atomic E-state index is 0.0617. The van der Waals surface area contributed by atoms with E-state index < -0.39 is 12.0 Å². The van der Waals surface area contributed by atoms with Gasteiger partial charge in [-0.05, 0) is 22.9 Å².